The number of halogens is 6. The summed E-state index contributed by atoms with van der Waals surface area (Å²) in [7, 11) is -12.0. The van der Waals surface area contributed by atoms with Crippen LogP contribution in [0, 0.1) is 11.3 Å². The molecule has 0 aromatic rings. The number of phosphoric acid groups is 1. The first-order valence-electron chi connectivity index (χ1n) is 18.8. The molecule has 0 aliphatic carbocycles. The molecule has 406 valence electrons. The molecule has 0 radical (unpaired) electrons. The SMILES string of the molecule is CCOP(=O)(CC#N)OCC.CCOP(OCC)OCC.CCOP(OCC)OP(OCC)OCC.COP(=O)(O)OC.COP(C)(=O)OC.ClP(Cl)OCC(Cl)(Cl)Cl.O=P(O)(O)CCCl. The van der Waals surface area contributed by atoms with Gasteiger partial charge in [-0.1, -0.05) is 34.8 Å². The third kappa shape index (κ3) is 76.1. The summed E-state index contributed by atoms with van der Waals surface area (Å²) < 4.78 is 113. The normalized spacial score (nSPS) is 11.6. The van der Waals surface area contributed by atoms with Crippen molar-refractivity contribution in [3.05, 3.63) is 0 Å². The first-order chi connectivity index (χ1) is 30.5. The molecule has 3 N–H and O–H groups in total. The van der Waals surface area contributed by atoms with Crippen molar-refractivity contribution in [2.24, 2.45) is 0 Å². The number of hydrogen-bond acceptors (Lipinski definition) is 20. The van der Waals surface area contributed by atoms with Crippen LogP contribution >= 0.6 is 132 Å². The molecule has 0 aliphatic heterocycles. The van der Waals surface area contributed by atoms with Crippen LogP contribution in [-0.2, 0) is 85.9 Å². The molecule has 0 fully saturated rings. The zero-order valence-electron chi connectivity index (χ0n) is 39.6. The molecule has 0 spiro atoms. The van der Waals surface area contributed by atoms with Crippen LogP contribution in [0.15, 0.2) is 0 Å². The molecule has 0 rings (SSSR count). The zero-order valence-corrected chi connectivity index (χ0v) is 51.3. The van der Waals surface area contributed by atoms with Gasteiger partial charge in [0.25, 0.3) is 0 Å². The van der Waals surface area contributed by atoms with E-state index in [0.29, 0.717) is 59.5 Å². The monoisotopic (exact) mass is 1240 g/mol. The molecule has 23 nitrogen and oxygen atoms in total. The van der Waals surface area contributed by atoms with E-state index < -0.39 is 67.1 Å². The van der Waals surface area contributed by atoms with Gasteiger partial charge in [0.05, 0.1) is 71.7 Å². The van der Waals surface area contributed by atoms with Crippen LogP contribution in [0.4, 0.5) is 0 Å². The molecule has 0 aliphatic rings. The van der Waals surface area contributed by atoms with E-state index in [1.54, 1.807) is 19.9 Å². The Hall–Kier alpha value is 3.15. The summed E-state index contributed by atoms with van der Waals surface area (Å²) in [6.07, 6.45) is -0.400. The number of phosphoric ester groups is 1. The zero-order chi connectivity index (χ0) is 53.3. The number of nitriles is 1. The number of alkyl halides is 4. The summed E-state index contributed by atoms with van der Waals surface area (Å²) in [5.74, 6) is 0.0181. The van der Waals surface area contributed by atoms with Gasteiger partial charge in [-0.15, -0.1) is 11.6 Å². The molecule has 0 saturated heterocycles. The Bertz CT molecular complexity index is 1180. The van der Waals surface area contributed by atoms with Gasteiger partial charge in [-0.2, -0.15) is 5.26 Å². The Morgan fingerprint density at radius 1 is 0.561 bits per heavy atom. The van der Waals surface area contributed by atoms with Crippen molar-refractivity contribution in [1.82, 2.24) is 0 Å². The fraction of sp³-hybridized carbons (Fsp3) is 0.966. The van der Waals surface area contributed by atoms with Gasteiger partial charge in [-0.25, -0.2) is 8.88 Å². The fourth-order valence-corrected chi connectivity index (χ4v) is 8.47. The lowest BCUT2D eigenvalue weighted by Crippen LogP contribution is -2.09. The summed E-state index contributed by atoms with van der Waals surface area (Å²) in [5.41, 5.74) is 0. The van der Waals surface area contributed by atoms with Crippen LogP contribution in [0.5, 0.6) is 0 Å². The van der Waals surface area contributed by atoms with Crippen molar-refractivity contribution in [3.63, 3.8) is 0 Å². The van der Waals surface area contributed by atoms with Crippen molar-refractivity contribution in [2.75, 3.05) is 119 Å². The van der Waals surface area contributed by atoms with Gasteiger partial charge in [0, 0.05) is 41.0 Å². The van der Waals surface area contributed by atoms with Crippen LogP contribution in [0.2, 0.25) is 0 Å². The number of hydrogen-bond donors (Lipinski definition) is 3. The van der Waals surface area contributed by atoms with E-state index in [9.17, 15) is 18.3 Å². The molecule has 0 aromatic heterocycles. The second kappa shape index (κ2) is 55.9. The summed E-state index contributed by atoms with van der Waals surface area (Å²) >= 11 is 31.3. The first kappa shape index (κ1) is 83.1. The fourth-order valence-electron chi connectivity index (χ4n) is 2.06. The van der Waals surface area contributed by atoms with E-state index in [2.05, 4.69) is 22.6 Å². The second-order valence-electron chi connectivity index (χ2n) is 9.58. The minimum absolute atomic E-state index is 0.0181. The van der Waals surface area contributed by atoms with E-state index in [4.69, 9.17) is 134 Å². The third-order valence-corrected chi connectivity index (χ3v) is 15.4. The van der Waals surface area contributed by atoms with Crippen LogP contribution in [0.1, 0.15) is 62.3 Å². The van der Waals surface area contributed by atoms with Crippen molar-refractivity contribution in [2.45, 2.75) is 66.1 Å². The molecule has 0 saturated carbocycles. The summed E-state index contributed by atoms with van der Waals surface area (Å²) in [6, 6.07) is 1.76. The quantitative estimate of drug-likeness (QED) is 0.0463. The van der Waals surface area contributed by atoms with Crippen LogP contribution < -0.4 is 0 Å². The maximum Gasteiger partial charge on any atom is 0.471 e. The summed E-state index contributed by atoms with van der Waals surface area (Å²) in [4.78, 5) is 24.3. The predicted octanol–water partition coefficient (Wildman–Crippen LogP) is 13.7. The standard InChI is InChI=1S/C8H20O5P2.C6H12NO3P.C6H15O3P.C3H9O3P.C2H2Cl5OP.C2H6ClO3P.C2H7O4P/c1-5-9-14(10-6-2)13-15(11-7-3)12-8-4;1-3-9-11(8,6-5-7)10-4-2;1-4-7-10(8-5-2)9-6-3;1-5-7(3,4)6-2;3-2(4,5)1-8-9(6)7;3-1-2-7(4,5)6;1-5-7(3,4)6-2/h5-8H2,1-4H3;3-4,6H2,1-2H3;4-6H2,1-3H3;1-3H3;1H2;1-2H2,(H2,4,5,6);1-2H3,(H,3,4). The van der Waals surface area contributed by atoms with Crippen molar-refractivity contribution in [1.29, 1.82) is 5.26 Å². The predicted molar refractivity (Wildman–Crippen MR) is 268 cm³/mol. The Morgan fingerprint density at radius 3 is 1.02 bits per heavy atom. The Labute approximate surface area is 427 Å². The van der Waals surface area contributed by atoms with Gasteiger partial charge in [0.1, 0.15) is 12.8 Å². The largest absolute Gasteiger partial charge is 0.471 e. The highest BCUT2D eigenvalue weighted by molar-refractivity contribution is 8.00. The van der Waals surface area contributed by atoms with Gasteiger partial charge in [-0.3, -0.25) is 22.7 Å². The van der Waals surface area contributed by atoms with Crippen molar-refractivity contribution >= 4 is 132 Å². The molecule has 66 heavy (non-hydrogen) atoms. The Morgan fingerprint density at radius 2 is 0.879 bits per heavy atom. The van der Waals surface area contributed by atoms with E-state index in [1.807, 2.05) is 48.5 Å². The smallest absolute Gasteiger partial charge is 0.327 e. The number of nitrogens with zero attached hydrogens (tertiary/aromatic N) is 1. The van der Waals surface area contributed by atoms with Crippen LogP contribution in [0.25, 0.3) is 0 Å². The average Bonchev–Trinajstić information content (AvgIpc) is 3.22. The van der Waals surface area contributed by atoms with E-state index in [1.165, 1.54) is 20.9 Å². The minimum Gasteiger partial charge on any atom is -0.327 e. The van der Waals surface area contributed by atoms with Crippen molar-refractivity contribution < 1.29 is 101 Å². The van der Waals surface area contributed by atoms with Gasteiger partial charge < -0.3 is 69.0 Å². The molecule has 0 aromatic carbocycles. The third-order valence-electron chi connectivity index (χ3n) is 4.52. The topological polar surface area (TPSA) is 291 Å². The molecule has 37 heteroatoms. The Balaban J connectivity index is -0.000000125. The highest BCUT2D eigenvalue weighted by atomic mass is 35.9. The maximum absolute atomic E-state index is 11.3. The van der Waals surface area contributed by atoms with Gasteiger partial charge in [-0.05, 0) is 84.8 Å². The molecule has 0 amide bonds. The summed E-state index contributed by atoms with van der Waals surface area (Å²) in [5, 5.41) is 8.27. The lowest BCUT2D eigenvalue weighted by Gasteiger charge is -2.19. The second-order valence-corrected chi connectivity index (χ2v) is 27.1. The molecular formula is C29H71Cl6NO22P8. The maximum atomic E-state index is 11.3. The van der Waals surface area contributed by atoms with E-state index in [0.717, 1.165) is 14.2 Å². The van der Waals surface area contributed by atoms with E-state index in [-0.39, 0.29) is 24.8 Å². The molecule has 0 atom stereocenters. The van der Waals surface area contributed by atoms with Gasteiger partial charge in [0.15, 0.2) is 0 Å². The number of rotatable bonds is 29. The van der Waals surface area contributed by atoms with Gasteiger partial charge in [0.2, 0.25) is 10.6 Å². The van der Waals surface area contributed by atoms with E-state index >= 15 is 0 Å². The molecule has 0 bridgehead atoms. The van der Waals surface area contributed by atoms with Crippen LogP contribution in [-0.4, -0.2) is 138 Å². The highest BCUT2D eigenvalue weighted by Gasteiger charge is 2.23. The minimum atomic E-state index is -3.80. The molecule has 0 unspecified atom stereocenters. The lowest BCUT2D eigenvalue weighted by atomic mass is 10.9. The first-order valence-corrected chi connectivity index (χ1v) is 33.9. The molecule has 0 heterocycles. The highest BCUT2D eigenvalue weighted by Crippen LogP contribution is 2.55. The van der Waals surface area contributed by atoms with Crippen molar-refractivity contribution in [3.8, 4) is 6.07 Å². The van der Waals surface area contributed by atoms with Gasteiger partial charge >= 0.3 is 56.4 Å². The average molecular weight is 1250 g/mol. The summed E-state index contributed by atoms with van der Waals surface area (Å²) in [6.45, 7) is 21.3. The van der Waals surface area contributed by atoms with Crippen LogP contribution in [0.3, 0.4) is 0 Å². The molecular weight excluding hydrogens is 1170 g/mol. The Kier molecular flexibility index (Phi) is 70.4. The lowest BCUT2D eigenvalue weighted by molar-refractivity contribution is 0.176.